The highest BCUT2D eigenvalue weighted by molar-refractivity contribution is 6.33. The van der Waals surface area contributed by atoms with Gasteiger partial charge in [0.2, 0.25) is 5.91 Å². The van der Waals surface area contributed by atoms with Crippen molar-refractivity contribution in [1.82, 2.24) is 5.32 Å². The lowest BCUT2D eigenvalue weighted by molar-refractivity contribution is -0.122. The molecule has 1 fully saturated rings. The van der Waals surface area contributed by atoms with Gasteiger partial charge in [-0.05, 0) is 43.0 Å². The molecule has 0 bridgehead atoms. The maximum Gasteiger partial charge on any atom is 0.224 e. The van der Waals surface area contributed by atoms with Crippen LogP contribution >= 0.6 is 23.2 Å². The fourth-order valence-electron chi connectivity index (χ4n) is 1.94. The lowest BCUT2D eigenvalue weighted by Crippen LogP contribution is -2.48. The minimum absolute atomic E-state index is 0.153. The van der Waals surface area contributed by atoms with Gasteiger partial charge in [0.15, 0.2) is 0 Å². The summed E-state index contributed by atoms with van der Waals surface area (Å²) in [5.41, 5.74) is -0.00407. The van der Waals surface area contributed by atoms with Crippen LogP contribution in [0.2, 0.25) is 10.0 Å². The van der Waals surface area contributed by atoms with Gasteiger partial charge in [0, 0.05) is 16.6 Å². The molecule has 2 N–H and O–H groups in total. The molecule has 1 aliphatic rings. The lowest BCUT2D eigenvalue weighted by atomic mass is 9.80. The number of nitrogens with one attached hydrogen (secondary N) is 1. The normalized spacial score (nSPS) is 17.1. The summed E-state index contributed by atoms with van der Waals surface area (Å²) < 4.78 is 0. The topological polar surface area (TPSA) is 49.3 Å². The van der Waals surface area contributed by atoms with Crippen LogP contribution in [0.1, 0.15) is 24.8 Å². The highest BCUT2D eigenvalue weighted by Gasteiger charge is 2.34. The molecule has 1 saturated carbocycles. The van der Waals surface area contributed by atoms with E-state index in [1.165, 1.54) is 0 Å². The molecule has 0 aliphatic heterocycles. The van der Waals surface area contributed by atoms with E-state index in [4.69, 9.17) is 23.2 Å². The van der Waals surface area contributed by atoms with E-state index in [1.54, 1.807) is 18.2 Å². The van der Waals surface area contributed by atoms with Gasteiger partial charge in [-0.25, -0.2) is 0 Å². The Labute approximate surface area is 116 Å². The summed E-state index contributed by atoms with van der Waals surface area (Å²) in [4.78, 5) is 11.7. The summed E-state index contributed by atoms with van der Waals surface area (Å²) in [5, 5.41) is 13.7. The Balaban J connectivity index is 1.88. The summed E-state index contributed by atoms with van der Waals surface area (Å²) in [7, 11) is 0. The summed E-state index contributed by atoms with van der Waals surface area (Å²) in [6, 6.07) is 5.04. The van der Waals surface area contributed by atoms with Crippen molar-refractivity contribution >= 4 is 29.1 Å². The smallest absolute Gasteiger partial charge is 0.224 e. The maximum atomic E-state index is 11.7. The minimum Gasteiger partial charge on any atom is -0.388 e. The van der Waals surface area contributed by atoms with Crippen LogP contribution in [-0.2, 0) is 11.2 Å². The van der Waals surface area contributed by atoms with Gasteiger partial charge in [0.25, 0.3) is 0 Å². The zero-order chi connectivity index (χ0) is 13.2. The van der Waals surface area contributed by atoms with Gasteiger partial charge in [-0.15, -0.1) is 0 Å². The SMILES string of the molecule is O=C(Cc1cc(Cl)ccc1Cl)NCC1(O)CCC1. The van der Waals surface area contributed by atoms with Gasteiger partial charge in [0.1, 0.15) is 0 Å². The molecule has 0 heterocycles. The predicted octanol–water partition coefficient (Wildman–Crippen LogP) is 2.57. The van der Waals surface area contributed by atoms with Gasteiger partial charge in [0.05, 0.1) is 12.0 Å². The molecule has 0 atom stereocenters. The number of aliphatic hydroxyl groups is 1. The number of amides is 1. The number of benzene rings is 1. The number of rotatable bonds is 4. The van der Waals surface area contributed by atoms with Gasteiger partial charge >= 0.3 is 0 Å². The molecule has 1 aliphatic carbocycles. The highest BCUT2D eigenvalue weighted by atomic mass is 35.5. The molecular weight excluding hydrogens is 273 g/mol. The fraction of sp³-hybridized carbons (Fsp3) is 0.462. The molecule has 1 aromatic rings. The standard InChI is InChI=1S/C13H15Cl2NO2/c14-10-2-3-11(15)9(6-10)7-12(17)16-8-13(18)4-1-5-13/h2-3,6,18H,1,4-5,7-8H2,(H,16,17). The third-order valence-electron chi connectivity index (χ3n) is 3.26. The number of carbonyl (C=O) groups excluding carboxylic acids is 1. The van der Waals surface area contributed by atoms with E-state index in [0.29, 0.717) is 22.2 Å². The molecule has 1 amide bonds. The molecule has 0 aromatic heterocycles. The predicted molar refractivity (Wildman–Crippen MR) is 72.0 cm³/mol. The van der Waals surface area contributed by atoms with Crippen LogP contribution in [0.4, 0.5) is 0 Å². The number of halogens is 2. The average Bonchev–Trinajstić information content (AvgIpc) is 2.29. The first-order chi connectivity index (χ1) is 8.48. The molecule has 0 spiro atoms. The van der Waals surface area contributed by atoms with E-state index in [9.17, 15) is 9.90 Å². The first-order valence-corrected chi connectivity index (χ1v) is 6.67. The number of hydrogen-bond acceptors (Lipinski definition) is 2. The van der Waals surface area contributed by atoms with Gasteiger partial charge in [-0.1, -0.05) is 23.2 Å². The third-order valence-corrected chi connectivity index (χ3v) is 3.86. The second-order valence-corrected chi connectivity index (χ2v) is 5.61. The molecule has 98 valence electrons. The van der Waals surface area contributed by atoms with Crippen molar-refractivity contribution in [1.29, 1.82) is 0 Å². The minimum atomic E-state index is -0.701. The van der Waals surface area contributed by atoms with Crippen molar-refractivity contribution in [3.05, 3.63) is 33.8 Å². The van der Waals surface area contributed by atoms with Gasteiger partial charge < -0.3 is 10.4 Å². The Bertz CT molecular complexity index is 458. The van der Waals surface area contributed by atoms with Crippen LogP contribution in [0.3, 0.4) is 0 Å². The molecule has 3 nitrogen and oxygen atoms in total. The van der Waals surface area contributed by atoms with Crippen molar-refractivity contribution in [2.45, 2.75) is 31.3 Å². The van der Waals surface area contributed by atoms with E-state index in [2.05, 4.69) is 5.32 Å². The molecule has 2 rings (SSSR count). The van der Waals surface area contributed by atoms with Crippen LogP contribution < -0.4 is 5.32 Å². The number of carbonyl (C=O) groups is 1. The maximum absolute atomic E-state index is 11.7. The molecule has 0 unspecified atom stereocenters. The Hall–Kier alpha value is -0.770. The first kappa shape index (κ1) is 13.7. The Morgan fingerprint density at radius 3 is 2.72 bits per heavy atom. The van der Waals surface area contributed by atoms with Crippen LogP contribution in [0, 0.1) is 0 Å². The Morgan fingerprint density at radius 2 is 2.11 bits per heavy atom. The number of hydrogen-bond donors (Lipinski definition) is 2. The van der Waals surface area contributed by atoms with E-state index >= 15 is 0 Å². The molecular formula is C13H15Cl2NO2. The van der Waals surface area contributed by atoms with Crippen molar-refractivity contribution < 1.29 is 9.90 Å². The second kappa shape index (κ2) is 5.47. The first-order valence-electron chi connectivity index (χ1n) is 5.92. The molecule has 0 radical (unpaired) electrons. The zero-order valence-electron chi connectivity index (χ0n) is 9.88. The quantitative estimate of drug-likeness (QED) is 0.894. The average molecular weight is 288 g/mol. The van der Waals surface area contributed by atoms with Crippen LogP contribution in [-0.4, -0.2) is 23.2 Å². The molecule has 5 heteroatoms. The van der Waals surface area contributed by atoms with E-state index in [-0.39, 0.29) is 12.3 Å². The highest BCUT2D eigenvalue weighted by Crippen LogP contribution is 2.30. The van der Waals surface area contributed by atoms with E-state index < -0.39 is 5.60 Å². The lowest BCUT2D eigenvalue weighted by Gasteiger charge is -2.36. The zero-order valence-corrected chi connectivity index (χ0v) is 11.4. The summed E-state index contributed by atoms with van der Waals surface area (Å²) in [6.45, 7) is 0.310. The third kappa shape index (κ3) is 3.37. The molecule has 1 aromatic carbocycles. The van der Waals surface area contributed by atoms with Crippen LogP contribution in [0.25, 0.3) is 0 Å². The van der Waals surface area contributed by atoms with Gasteiger partial charge in [-0.3, -0.25) is 4.79 Å². The summed E-state index contributed by atoms with van der Waals surface area (Å²) in [5.74, 6) is -0.153. The Kier molecular flexibility index (Phi) is 4.15. The largest absolute Gasteiger partial charge is 0.388 e. The molecule has 0 saturated heterocycles. The summed E-state index contributed by atoms with van der Waals surface area (Å²) in [6.07, 6.45) is 2.71. The second-order valence-electron chi connectivity index (χ2n) is 4.77. The van der Waals surface area contributed by atoms with Crippen molar-refractivity contribution in [3.63, 3.8) is 0 Å². The van der Waals surface area contributed by atoms with E-state index in [1.807, 2.05) is 0 Å². The monoisotopic (exact) mass is 287 g/mol. The van der Waals surface area contributed by atoms with Crippen molar-refractivity contribution in [2.24, 2.45) is 0 Å². The van der Waals surface area contributed by atoms with Crippen molar-refractivity contribution in [3.8, 4) is 0 Å². The molecule has 18 heavy (non-hydrogen) atoms. The fourth-order valence-corrected chi connectivity index (χ4v) is 2.32. The Morgan fingerprint density at radius 1 is 1.39 bits per heavy atom. The van der Waals surface area contributed by atoms with Crippen LogP contribution in [0.5, 0.6) is 0 Å². The summed E-state index contributed by atoms with van der Waals surface area (Å²) >= 11 is 11.8. The van der Waals surface area contributed by atoms with Crippen molar-refractivity contribution in [2.75, 3.05) is 6.54 Å². The van der Waals surface area contributed by atoms with E-state index in [0.717, 1.165) is 19.3 Å². The van der Waals surface area contributed by atoms with Crippen LogP contribution in [0.15, 0.2) is 18.2 Å². The van der Waals surface area contributed by atoms with Gasteiger partial charge in [-0.2, -0.15) is 0 Å².